The molecule has 0 saturated carbocycles. The van der Waals surface area contributed by atoms with Crippen LogP contribution in [0.2, 0.25) is 10.0 Å². The minimum Gasteiger partial charge on any atom is -0.314 e. The molecule has 0 aliphatic heterocycles. The van der Waals surface area contributed by atoms with Crippen LogP contribution in [0.15, 0.2) is 18.2 Å². The lowest BCUT2D eigenvalue weighted by molar-refractivity contribution is 0.254. The van der Waals surface area contributed by atoms with Gasteiger partial charge >= 0.3 is 0 Å². The molecular weight excluding hydrogens is 277 g/mol. The van der Waals surface area contributed by atoms with Gasteiger partial charge in [0.2, 0.25) is 0 Å². The molecular formula is C16H25Cl2N. The molecule has 0 amide bonds. The monoisotopic (exact) mass is 301 g/mol. The molecule has 0 spiro atoms. The first kappa shape index (κ1) is 16.8. The summed E-state index contributed by atoms with van der Waals surface area (Å²) in [7, 11) is 0. The van der Waals surface area contributed by atoms with Gasteiger partial charge in [-0.2, -0.15) is 0 Å². The van der Waals surface area contributed by atoms with E-state index in [-0.39, 0.29) is 5.41 Å². The van der Waals surface area contributed by atoms with Crippen LogP contribution in [-0.2, 0) is 6.42 Å². The van der Waals surface area contributed by atoms with Crippen molar-refractivity contribution in [2.24, 2.45) is 5.41 Å². The molecule has 0 fully saturated rings. The van der Waals surface area contributed by atoms with Crippen LogP contribution in [0.4, 0.5) is 0 Å². The van der Waals surface area contributed by atoms with E-state index in [1.165, 1.54) is 0 Å². The Labute approximate surface area is 127 Å². The molecule has 0 aromatic heterocycles. The minimum absolute atomic E-state index is 0.286. The maximum Gasteiger partial charge on any atom is 0.0439 e. The van der Waals surface area contributed by atoms with E-state index in [1.807, 2.05) is 18.2 Å². The standard InChI is InChI=1S/C16H25Cl2N/c1-5-19-15(16(2,3)4)8-6-7-12-11-13(17)9-10-14(12)18/h9-11,15,19H,5-8H2,1-4H3. The molecule has 0 aliphatic rings. The van der Waals surface area contributed by atoms with Gasteiger partial charge < -0.3 is 5.32 Å². The van der Waals surface area contributed by atoms with Gasteiger partial charge in [0, 0.05) is 16.1 Å². The van der Waals surface area contributed by atoms with Crippen LogP contribution < -0.4 is 5.32 Å². The third-order valence-corrected chi connectivity index (χ3v) is 4.05. The largest absolute Gasteiger partial charge is 0.314 e. The Balaban J connectivity index is 2.54. The Bertz CT molecular complexity index is 396. The van der Waals surface area contributed by atoms with Crippen LogP contribution in [0.1, 0.15) is 46.1 Å². The molecule has 0 bridgehead atoms. The number of hydrogen-bond donors (Lipinski definition) is 1. The van der Waals surface area contributed by atoms with E-state index in [0.29, 0.717) is 6.04 Å². The van der Waals surface area contributed by atoms with Crippen molar-refractivity contribution in [3.8, 4) is 0 Å². The second kappa shape index (κ2) is 7.52. The van der Waals surface area contributed by atoms with E-state index in [0.717, 1.165) is 41.4 Å². The molecule has 0 heterocycles. The van der Waals surface area contributed by atoms with Crippen molar-refractivity contribution in [2.75, 3.05) is 6.54 Å². The average Bonchev–Trinajstić information content (AvgIpc) is 2.31. The van der Waals surface area contributed by atoms with Crippen LogP contribution in [0, 0.1) is 5.41 Å². The Morgan fingerprint density at radius 1 is 1.21 bits per heavy atom. The Kier molecular flexibility index (Phi) is 6.65. The molecule has 1 unspecified atom stereocenters. The number of benzene rings is 1. The zero-order chi connectivity index (χ0) is 14.5. The molecule has 3 heteroatoms. The molecule has 1 nitrogen and oxygen atoms in total. The maximum absolute atomic E-state index is 6.19. The maximum atomic E-state index is 6.19. The second-order valence-corrected chi connectivity index (χ2v) is 6.95. The summed E-state index contributed by atoms with van der Waals surface area (Å²) < 4.78 is 0. The van der Waals surface area contributed by atoms with E-state index >= 15 is 0 Å². The quantitative estimate of drug-likeness (QED) is 0.748. The summed E-state index contributed by atoms with van der Waals surface area (Å²) in [5.41, 5.74) is 1.44. The van der Waals surface area contributed by atoms with Gasteiger partial charge in [0.05, 0.1) is 0 Å². The molecule has 1 N–H and O–H groups in total. The van der Waals surface area contributed by atoms with E-state index in [1.54, 1.807) is 0 Å². The number of hydrogen-bond acceptors (Lipinski definition) is 1. The van der Waals surface area contributed by atoms with Crippen molar-refractivity contribution in [1.29, 1.82) is 0 Å². The lowest BCUT2D eigenvalue weighted by atomic mass is 9.83. The van der Waals surface area contributed by atoms with E-state index in [9.17, 15) is 0 Å². The van der Waals surface area contributed by atoms with Crippen LogP contribution in [0.3, 0.4) is 0 Å². The fraction of sp³-hybridized carbons (Fsp3) is 0.625. The van der Waals surface area contributed by atoms with Crippen molar-refractivity contribution in [2.45, 2.75) is 53.0 Å². The van der Waals surface area contributed by atoms with Gasteiger partial charge in [0.25, 0.3) is 0 Å². The molecule has 0 aliphatic carbocycles. The molecule has 1 atom stereocenters. The lowest BCUT2D eigenvalue weighted by Crippen LogP contribution is -2.40. The first-order valence-corrected chi connectivity index (χ1v) is 7.77. The summed E-state index contributed by atoms with van der Waals surface area (Å²) >= 11 is 12.2. The summed E-state index contributed by atoms with van der Waals surface area (Å²) in [5, 5.41) is 5.16. The highest BCUT2D eigenvalue weighted by molar-refractivity contribution is 6.33. The van der Waals surface area contributed by atoms with E-state index < -0.39 is 0 Å². The molecule has 1 aromatic rings. The fourth-order valence-corrected chi connectivity index (χ4v) is 2.73. The van der Waals surface area contributed by atoms with Crippen molar-refractivity contribution in [3.05, 3.63) is 33.8 Å². The Hall–Kier alpha value is -0.240. The van der Waals surface area contributed by atoms with Crippen LogP contribution >= 0.6 is 23.2 Å². The number of halogens is 2. The fourth-order valence-electron chi connectivity index (χ4n) is 2.32. The van der Waals surface area contributed by atoms with Gasteiger partial charge in [-0.05, 0) is 55.0 Å². The number of aryl methyl sites for hydroxylation is 1. The highest BCUT2D eigenvalue weighted by Gasteiger charge is 2.22. The van der Waals surface area contributed by atoms with Crippen molar-refractivity contribution >= 4 is 23.2 Å². The summed E-state index contributed by atoms with van der Waals surface area (Å²) in [6.07, 6.45) is 3.26. The minimum atomic E-state index is 0.286. The van der Waals surface area contributed by atoms with Gasteiger partial charge in [0.1, 0.15) is 0 Å². The first-order valence-electron chi connectivity index (χ1n) is 7.02. The molecule has 0 saturated heterocycles. The zero-order valence-electron chi connectivity index (χ0n) is 12.4. The Morgan fingerprint density at radius 3 is 2.47 bits per heavy atom. The first-order chi connectivity index (χ1) is 8.84. The van der Waals surface area contributed by atoms with Gasteiger partial charge in [-0.1, -0.05) is 50.9 Å². The zero-order valence-corrected chi connectivity index (χ0v) is 13.9. The summed E-state index contributed by atoms with van der Waals surface area (Å²) in [6.45, 7) is 10.0. The Morgan fingerprint density at radius 2 is 1.89 bits per heavy atom. The third kappa shape index (κ3) is 5.72. The van der Waals surface area contributed by atoms with Gasteiger partial charge in [-0.15, -0.1) is 0 Å². The van der Waals surface area contributed by atoms with Gasteiger partial charge in [-0.25, -0.2) is 0 Å². The summed E-state index contributed by atoms with van der Waals surface area (Å²) in [5.74, 6) is 0. The topological polar surface area (TPSA) is 12.0 Å². The van der Waals surface area contributed by atoms with E-state index in [4.69, 9.17) is 23.2 Å². The van der Waals surface area contributed by atoms with Crippen LogP contribution in [0.25, 0.3) is 0 Å². The number of rotatable bonds is 6. The number of nitrogens with one attached hydrogen (secondary N) is 1. The second-order valence-electron chi connectivity index (χ2n) is 6.10. The SMILES string of the molecule is CCNC(CCCc1cc(Cl)ccc1Cl)C(C)(C)C. The molecule has 108 valence electrons. The van der Waals surface area contributed by atoms with E-state index in [2.05, 4.69) is 33.0 Å². The predicted molar refractivity (Wildman–Crippen MR) is 86.3 cm³/mol. The van der Waals surface area contributed by atoms with Crippen LogP contribution in [0.5, 0.6) is 0 Å². The molecule has 0 radical (unpaired) electrons. The molecule has 19 heavy (non-hydrogen) atoms. The van der Waals surface area contributed by atoms with Crippen molar-refractivity contribution in [1.82, 2.24) is 5.32 Å². The summed E-state index contributed by atoms with van der Waals surface area (Å²) in [6, 6.07) is 6.23. The van der Waals surface area contributed by atoms with Gasteiger partial charge in [0.15, 0.2) is 0 Å². The highest BCUT2D eigenvalue weighted by Crippen LogP contribution is 2.26. The predicted octanol–water partition coefficient (Wildman–Crippen LogP) is 5.34. The lowest BCUT2D eigenvalue weighted by Gasteiger charge is -2.31. The average molecular weight is 302 g/mol. The smallest absolute Gasteiger partial charge is 0.0439 e. The molecule has 1 rings (SSSR count). The third-order valence-electron chi connectivity index (χ3n) is 3.44. The van der Waals surface area contributed by atoms with Crippen molar-refractivity contribution in [3.63, 3.8) is 0 Å². The summed E-state index contributed by atoms with van der Waals surface area (Å²) in [4.78, 5) is 0. The van der Waals surface area contributed by atoms with Crippen molar-refractivity contribution < 1.29 is 0 Å². The highest BCUT2D eigenvalue weighted by atomic mass is 35.5. The molecule has 1 aromatic carbocycles. The van der Waals surface area contributed by atoms with Gasteiger partial charge in [-0.3, -0.25) is 0 Å². The van der Waals surface area contributed by atoms with Crippen LogP contribution in [-0.4, -0.2) is 12.6 Å². The normalized spacial score (nSPS) is 13.6.